The molecule has 0 bridgehead atoms. The number of hydrogen-bond donors (Lipinski definition) is 0. The third-order valence-electron chi connectivity index (χ3n) is 3.09. The molecular formula is C15H10F2N2OS2. The van der Waals surface area contributed by atoms with E-state index in [-0.39, 0.29) is 11.3 Å². The quantitative estimate of drug-likeness (QED) is 0.404. The standard InChI is InChI=1S/C15H10F2N2OS2/c1-8(13(20)9-2-3-11(16)12(17)6-9)22-15-10-4-5-21-14(10)18-7-19-15/h2-8H,1H3/t8-/m1/s1. The van der Waals surface area contributed by atoms with Crippen molar-refractivity contribution in [1.29, 1.82) is 0 Å². The van der Waals surface area contributed by atoms with E-state index < -0.39 is 16.9 Å². The Labute approximate surface area is 133 Å². The Hall–Kier alpha value is -1.86. The maximum atomic E-state index is 13.2. The van der Waals surface area contributed by atoms with Crippen LogP contribution in [0.5, 0.6) is 0 Å². The highest BCUT2D eigenvalue weighted by molar-refractivity contribution is 8.00. The van der Waals surface area contributed by atoms with Crippen LogP contribution < -0.4 is 0 Å². The maximum absolute atomic E-state index is 13.2. The van der Waals surface area contributed by atoms with Gasteiger partial charge in [0.05, 0.1) is 5.25 Å². The van der Waals surface area contributed by atoms with E-state index >= 15 is 0 Å². The van der Waals surface area contributed by atoms with E-state index in [0.717, 1.165) is 22.3 Å². The number of fused-ring (bicyclic) bond motifs is 1. The molecular weight excluding hydrogens is 326 g/mol. The summed E-state index contributed by atoms with van der Waals surface area (Å²) in [4.78, 5) is 21.5. The summed E-state index contributed by atoms with van der Waals surface area (Å²) < 4.78 is 26.2. The lowest BCUT2D eigenvalue weighted by molar-refractivity contribution is 0.0993. The SMILES string of the molecule is C[C@@H](Sc1ncnc2sccc12)C(=O)c1ccc(F)c(F)c1. The topological polar surface area (TPSA) is 42.9 Å². The first-order chi connectivity index (χ1) is 10.6. The van der Waals surface area contributed by atoms with Gasteiger partial charge in [0.1, 0.15) is 16.2 Å². The highest BCUT2D eigenvalue weighted by Crippen LogP contribution is 2.31. The van der Waals surface area contributed by atoms with Crippen LogP contribution in [0.2, 0.25) is 0 Å². The normalized spacial score (nSPS) is 12.5. The van der Waals surface area contributed by atoms with Gasteiger partial charge in [-0.05, 0) is 36.6 Å². The second-order valence-electron chi connectivity index (χ2n) is 4.57. The van der Waals surface area contributed by atoms with Gasteiger partial charge in [0.15, 0.2) is 17.4 Å². The van der Waals surface area contributed by atoms with E-state index in [1.807, 2.05) is 11.4 Å². The molecule has 1 aromatic carbocycles. The van der Waals surface area contributed by atoms with Crippen molar-refractivity contribution in [2.24, 2.45) is 0 Å². The predicted octanol–water partition coefficient (Wildman–Crippen LogP) is 4.33. The van der Waals surface area contributed by atoms with Gasteiger partial charge in [0.25, 0.3) is 0 Å². The molecule has 0 aliphatic carbocycles. The number of Topliss-reactive ketones (excluding diaryl/α,β-unsaturated/α-hetero) is 1. The average Bonchev–Trinajstić information content (AvgIpc) is 2.99. The van der Waals surface area contributed by atoms with Crippen LogP contribution in [0.1, 0.15) is 17.3 Å². The first-order valence-corrected chi connectivity index (χ1v) is 8.16. The van der Waals surface area contributed by atoms with Crippen LogP contribution in [0, 0.1) is 11.6 Å². The van der Waals surface area contributed by atoms with Crippen molar-refractivity contribution >= 4 is 39.1 Å². The Morgan fingerprint density at radius 3 is 2.82 bits per heavy atom. The van der Waals surface area contributed by atoms with Crippen LogP contribution in [0.15, 0.2) is 41.0 Å². The molecule has 0 saturated carbocycles. The van der Waals surface area contributed by atoms with Gasteiger partial charge in [-0.15, -0.1) is 11.3 Å². The zero-order chi connectivity index (χ0) is 15.7. The van der Waals surface area contributed by atoms with E-state index in [1.54, 1.807) is 6.92 Å². The van der Waals surface area contributed by atoms with Crippen molar-refractivity contribution in [3.05, 3.63) is 53.2 Å². The Bertz CT molecular complexity index is 850. The third-order valence-corrected chi connectivity index (χ3v) is 5.02. The highest BCUT2D eigenvalue weighted by atomic mass is 32.2. The summed E-state index contributed by atoms with van der Waals surface area (Å²) in [5.41, 5.74) is 0.148. The summed E-state index contributed by atoms with van der Waals surface area (Å²) >= 11 is 2.78. The van der Waals surface area contributed by atoms with Crippen LogP contribution >= 0.6 is 23.1 Å². The molecule has 22 heavy (non-hydrogen) atoms. The van der Waals surface area contributed by atoms with Crippen molar-refractivity contribution in [2.75, 3.05) is 0 Å². The number of halogens is 2. The number of hydrogen-bond acceptors (Lipinski definition) is 5. The molecule has 3 aromatic rings. The minimum Gasteiger partial charge on any atom is -0.293 e. The molecule has 0 spiro atoms. The zero-order valence-electron chi connectivity index (χ0n) is 11.4. The minimum atomic E-state index is -1.02. The van der Waals surface area contributed by atoms with E-state index in [2.05, 4.69) is 9.97 Å². The molecule has 7 heteroatoms. The zero-order valence-corrected chi connectivity index (χ0v) is 13.0. The smallest absolute Gasteiger partial charge is 0.176 e. The Morgan fingerprint density at radius 1 is 1.23 bits per heavy atom. The van der Waals surface area contributed by atoms with Crippen LogP contribution in [0.3, 0.4) is 0 Å². The lowest BCUT2D eigenvalue weighted by Gasteiger charge is -2.10. The molecule has 0 saturated heterocycles. The van der Waals surface area contributed by atoms with E-state index in [0.29, 0.717) is 5.03 Å². The summed E-state index contributed by atoms with van der Waals surface area (Å²) in [6, 6.07) is 5.08. The summed E-state index contributed by atoms with van der Waals surface area (Å²) in [7, 11) is 0. The monoisotopic (exact) mass is 336 g/mol. The second-order valence-corrected chi connectivity index (χ2v) is 6.80. The van der Waals surface area contributed by atoms with Crippen molar-refractivity contribution in [2.45, 2.75) is 17.2 Å². The largest absolute Gasteiger partial charge is 0.293 e. The lowest BCUT2D eigenvalue weighted by atomic mass is 10.1. The average molecular weight is 336 g/mol. The second kappa shape index (κ2) is 6.10. The fourth-order valence-corrected chi connectivity index (χ4v) is 3.74. The number of rotatable bonds is 4. The Morgan fingerprint density at radius 2 is 2.05 bits per heavy atom. The molecule has 112 valence electrons. The predicted molar refractivity (Wildman–Crippen MR) is 83.4 cm³/mol. The molecule has 0 aliphatic rings. The van der Waals surface area contributed by atoms with Gasteiger partial charge in [-0.2, -0.15) is 0 Å². The number of carbonyl (C=O) groups excluding carboxylic acids is 1. The van der Waals surface area contributed by atoms with Crippen molar-refractivity contribution in [3.8, 4) is 0 Å². The number of carbonyl (C=O) groups is 1. The van der Waals surface area contributed by atoms with Crippen molar-refractivity contribution < 1.29 is 13.6 Å². The third kappa shape index (κ3) is 2.86. The van der Waals surface area contributed by atoms with Crippen molar-refractivity contribution in [3.63, 3.8) is 0 Å². The van der Waals surface area contributed by atoms with E-state index in [9.17, 15) is 13.6 Å². The number of thiophene rings is 1. The number of nitrogens with zero attached hydrogens (tertiary/aromatic N) is 2. The molecule has 0 radical (unpaired) electrons. The molecule has 0 N–H and O–H groups in total. The summed E-state index contributed by atoms with van der Waals surface area (Å²) in [6.45, 7) is 1.72. The van der Waals surface area contributed by atoms with Crippen LogP contribution in [0.4, 0.5) is 8.78 Å². The van der Waals surface area contributed by atoms with E-state index in [4.69, 9.17) is 0 Å². The van der Waals surface area contributed by atoms with Gasteiger partial charge >= 0.3 is 0 Å². The van der Waals surface area contributed by atoms with Gasteiger partial charge in [0, 0.05) is 10.9 Å². The Kier molecular flexibility index (Phi) is 4.17. The molecule has 0 amide bonds. The molecule has 1 atom stereocenters. The fourth-order valence-electron chi connectivity index (χ4n) is 1.97. The molecule has 2 aromatic heterocycles. The summed E-state index contributed by atoms with van der Waals surface area (Å²) in [6.07, 6.45) is 1.45. The Balaban J connectivity index is 1.84. The van der Waals surface area contributed by atoms with E-state index in [1.165, 1.54) is 35.5 Å². The highest BCUT2D eigenvalue weighted by Gasteiger charge is 2.20. The number of benzene rings is 1. The summed E-state index contributed by atoms with van der Waals surface area (Å²) in [5, 5.41) is 3.03. The van der Waals surface area contributed by atoms with Gasteiger partial charge in [0.2, 0.25) is 0 Å². The first kappa shape index (κ1) is 15.1. The molecule has 0 unspecified atom stereocenters. The number of ketones is 1. The fraction of sp³-hybridized carbons (Fsp3) is 0.133. The van der Waals surface area contributed by atoms with Gasteiger partial charge in [-0.1, -0.05) is 11.8 Å². The van der Waals surface area contributed by atoms with Gasteiger partial charge in [-0.25, -0.2) is 18.7 Å². The molecule has 3 nitrogen and oxygen atoms in total. The minimum absolute atomic E-state index is 0.148. The van der Waals surface area contributed by atoms with Crippen LogP contribution in [0.25, 0.3) is 10.2 Å². The van der Waals surface area contributed by atoms with Gasteiger partial charge < -0.3 is 0 Å². The molecule has 3 rings (SSSR count). The van der Waals surface area contributed by atoms with Crippen LogP contribution in [-0.4, -0.2) is 21.0 Å². The molecule has 0 fully saturated rings. The number of aromatic nitrogens is 2. The molecule has 0 aliphatic heterocycles. The van der Waals surface area contributed by atoms with Crippen LogP contribution in [-0.2, 0) is 0 Å². The summed E-state index contributed by atoms with van der Waals surface area (Å²) in [5.74, 6) is -2.26. The lowest BCUT2D eigenvalue weighted by Crippen LogP contribution is -2.14. The maximum Gasteiger partial charge on any atom is 0.176 e. The molecule has 2 heterocycles. The first-order valence-electron chi connectivity index (χ1n) is 6.40. The number of thioether (sulfide) groups is 1. The van der Waals surface area contributed by atoms with Gasteiger partial charge in [-0.3, -0.25) is 4.79 Å². The van der Waals surface area contributed by atoms with Crippen molar-refractivity contribution in [1.82, 2.24) is 9.97 Å².